The number of piperazine rings is 1. The van der Waals surface area contributed by atoms with Gasteiger partial charge in [-0.2, -0.15) is 0 Å². The molecule has 0 bridgehead atoms. The minimum Gasteiger partial charge on any atom is -0.353 e. The van der Waals surface area contributed by atoms with Crippen molar-refractivity contribution in [3.05, 3.63) is 28.1 Å². The number of carbonyl (C=O) groups excluding carboxylic acids is 2. The molecule has 2 heterocycles. The molecule has 0 aliphatic carbocycles. The predicted molar refractivity (Wildman–Crippen MR) is 65.7 cm³/mol. The van der Waals surface area contributed by atoms with Gasteiger partial charge in [0.1, 0.15) is 5.69 Å². The Bertz CT molecular complexity index is 537. The van der Waals surface area contributed by atoms with Crippen LogP contribution in [0.2, 0.25) is 0 Å². The highest BCUT2D eigenvalue weighted by molar-refractivity contribution is 5.96. The van der Waals surface area contributed by atoms with Gasteiger partial charge in [0.15, 0.2) is 0 Å². The van der Waals surface area contributed by atoms with E-state index < -0.39 is 4.92 Å². The normalized spacial score (nSPS) is 15.2. The smallest absolute Gasteiger partial charge is 0.287 e. The monoisotopic (exact) mass is 266 g/mol. The highest BCUT2D eigenvalue weighted by atomic mass is 16.6. The second kappa shape index (κ2) is 5.09. The van der Waals surface area contributed by atoms with Gasteiger partial charge in [0.25, 0.3) is 11.6 Å². The van der Waals surface area contributed by atoms with Crippen molar-refractivity contribution in [3.63, 3.8) is 0 Å². The number of hydrogen-bond acceptors (Lipinski definition) is 4. The van der Waals surface area contributed by atoms with Gasteiger partial charge in [-0.25, -0.2) is 0 Å². The number of nitro groups is 1. The molecule has 0 saturated carbocycles. The van der Waals surface area contributed by atoms with Gasteiger partial charge in [-0.15, -0.1) is 0 Å². The highest BCUT2D eigenvalue weighted by Gasteiger charge is 2.26. The summed E-state index contributed by atoms with van der Waals surface area (Å²) in [5.41, 5.74) is 0.121. The number of amides is 2. The summed E-state index contributed by atoms with van der Waals surface area (Å²) in [5.74, 6) is -0.575. The molecule has 1 aliphatic heterocycles. The van der Waals surface area contributed by atoms with E-state index in [0.717, 1.165) is 0 Å². The Morgan fingerprint density at radius 1 is 1.58 bits per heavy atom. The minimum atomic E-state index is -0.536. The van der Waals surface area contributed by atoms with Crippen LogP contribution in [0, 0.1) is 10.1 Å². The van der Waals surface area contributed by atoms with Gasteiger partial charge >= 0.3 is 0 Å². The Morgan fingerprint density at radius 3 is 2.89 bits per heavy atom. The van der Waals surface area contributed by atoms with Crippen molar-refractivity contribution in [2.45, 2.75) is 13.5 Å². The SMILES string of the molecule is CCn1cc([N+](=O)[O-])cc1C(=O)N1CCNC(=O)C1. The van der Waals surface area contributed by atoms with E-state index in [4.69, 9.17) is 0 Å². The van der Waals surface area contributed by atoms with E-state index in [1.54, 1.807) is 6.92 Å². The lowest BCUT2D eigenvalue weighted by molar-refractivity contribution is -0.384. The molecule has 102 valence electrons. The Labute approximate surface area is 109 Å². The van der Waals surface area contributed by atoms with E-state index in [0.29, 0.717) is 19.6 Å². The third-order valence-corrected chi connectivity index (χ3v) is 2.98. The highest BCUT2D eigenvalue weighted by Crippen LogP contribution is 2.18. The second-order valence-electron chi connectivity index (χ2n) is 4.20. The van der Waals surface area contributed by atoms with E-state index in [1.807, 2.05) is 0 Å². The molecule has 1 saturated heterocycles. The van der Waals surface area contributed by atoms with Gasteiger partial charge in [0.2, 0.25) is 5.91 Å². The first kappa shape index (κ1) is 13.1. The summed E-state index contributed by atoms with van der Waals surface area (Å²) in [7, 11) is 0. The van der Waals surface area contributed by atoms with Crippen LogP contribution in [0.25, 0.3) is 0 Å². The molecule has 8 nitrogen and oxygen atoms in total. The fourth-order valence-corrected chi connectivity index (χ4v) is 2.01. The van der Waals surface area contributed by atoms with Gasteiger partial charge in [0, 0.05) is 25.7 Å². The van der Waals surface area contributed by atoms with Crippen molar-refractivity contribution < 1.29 is 14.5 Å². The Kier molecular flexibility index (Phi) is 3.50. The molecule has 1 aliphatic rings. The van der Waals surface area contributed by atoms with Crippen LogP contribution in [-0.2, 0) is 11.3 Å². The lowest BCUT2D eigenvalue weighted by Crippen LogP contribution is -2.50. The second-order valence-corrected chi connectivity index (χ2v) is 4.20. The van der Waals surface area contributed by atoms with E-state index in [1.165, 1.54) is 21.7 Å². The number of carbonyl (C=O) groups is 2. The average Bonchev–Trinajstić information content (AvgIpc) is 2.82. The molecule has 1 aromatic rings. The summed E-state index contributed by atoms with van der Waals surface area (Å²) in [5, 5.41) is 13.4. The Morgan fingerprint density at radius 2 is 2.32 bits per heavy atom. The summed E-state index contributed by atoms with van der Waals surface area (Å²) in [4.78, 5) is 35.1. The number of nitrogens with one attached hydrogen (secondary N) is 1. The number of rotatable bonds is 3. The van der Waals surface area contributed by atoms with Crippen LogP contribution < -0.4 is 5.32 Å². The first-order chi connectivity index (χ1) is 9.02. The van der Waals surface area contributed by atoms with Crippen LogP contribution in [0.15, 0.2) is 12.3 Å². The molecule has 2 rings (SSSR count). The van der Waals surface area contributed by atoms with Gasteiger partial charge in [0.05, 0.1) is 17.7 Å². The molecule has 0 unspecified atom stereocenters. The van der Waals surface area contributed by atoms with Gasteiger partial charge < -0.3 is 14.8 Å². The molecule has 1 fully saturated rings. The molecule has 2 amide bonds. The van der Waals surface area contributed by atoms with E-state index in [-0.39, 0.29) is 29.7 Å². The number of hydrogen-bond donors (Lipinski definition) is 1. The quantitative estimate of drug-likeness (QED) is 0.614. The fourth-order valence-electron chi connectivity index (χ4n) is 2.01. The molecular formula is C11H14N4O4. The zero-order chi connectivity index (χ0) is 14.0. The first-order valence-electron chi connectivity index (χ1n) is 5.93. The molecule has 0 aromatic carbocycles. The third-order valence-electron chi connectivity index (χ3n) is 2.98. The van der Waals surface area contributed by atoms with Crippen LogP contribution in [0.5, 0.6) is 0 Å². The summed E-state index contributed by atoms with van der Waals surface area (Å²) >= 11 is 0. The molecule has 1 N–H and O–H groups in total. The average molecular weight is 266 g/mol. The Balaban J connectivity index is 2.27. The predicted octanol–water partition coefficient (Wildman–Crippen LogP) is -0.0118. The van der Waals surface area contributed by atoms with Gasteiger partial charge in [-0.1, -0.05) is 0 Å². The lowest BCUT2D eigenvalue weighted by atomic mass is 10.3. The van der Waals surface area contributed by atoms with Crippen LogP contribution >= 0.6 is 0 Å². The number of aromatic nitrogens is 1. The third kappa shape index (κ3) is 2.56. The van der Waals surface area contributed by atoms with Gasteiger partial charge in [-0.05, 0) is 6.92 Å². The summed E-state index contributed by atoms with van der Waals surface area (Å²) in [6.45, 7) is 3.05. The van der Waals surface area contributed by atoms with Crippen molar-refractivity contribution in [2.24, 2.45) is 0 Å². The lowest BCUT2D eigenvalue weighted by Gasteiger charge is -2.26. The topological polar surface area (TPSA) is 97.5 Å². The largest absolute Gasteiger partial charge is 0.353 e. The molecule has 0 spiro atoms. The van der Waals surface area contributed by atoms with Crippen LogP contribution in [0.4, 0.5) is 5.69 Å². The molecule has 19 heavy (non-hydrogen) atoms. The maximum Gasteiger partial charge on any atom is 0.287 e. The maximum absolute atomic E-state index is 12.3. The zero-order valence-electron chi connectivity index (χ0n) is 10.5. The van der Waals surface area contributed by atoms with E-state index in [9.17, 15) is 19.7 Å². The fraction of sp³-hybridized carbons (Fsp3) is 0.455. The van der Waals surface area contributed by atoms with Crippen LogP contribution in [0.3, 0.4) is 0 Å². The van der Waals surface area contributed by atoms with Crippen LogP contribution in [-0.4, -0.2) is 45.8 Å². The number of aryl methyl sites for hydroxylation is 1. The van der Waals surface area contributed by atoms with E-state index in [2.05, 4.69) is 5.32 Å². The molecule has 8 heteroatoms. The molecule has 0 radical (unpaired) electrons. The first-order valence-corrected chi connectivity index (χ1v) is 5.93. The number of nitrogens with zero attached hydrogens (tertiary/aromatic N) is 3. The molecule has 1 aromatic heterocycles. The molecule has 0 atom stereocenters. The zero-order valence-corrected chi connectivity index (χ0v) is 10.5. The summed E-state index contributed by atoms with van der Waals surface area (Å²) < 4.78 is 1.52. The molecular weight excluding hydrogens is 252 g/mol. The van der Waals surface area contributed by atoms with Crippen molar-refractivity contribution in [2.75, 3.05) is 19.6 Å². The Hall–Kier alpha value is -2.38. The summed E-state index contributed by atoms with van der Waals surface area (Å²) in [6, 6.07) is 1.25. The van der Waals surface area contributed by atoms with Gasteiger partial charge in [-0.3, -0.25) is 19.7 Å². The van der Waals surface area contributed by atoms with Crippen molar-refractivity contribution in [1.29, 1.82) is 0 Å². The van der Waals surface area contributed by atoms with E-state index >= 15 is 0 Å². The van der Waals surface area contributed by atoms with Crippen LogP contribution in [0.1, 0.15) is 17.4 Å². The summed E-state index contributed by atoms with van der Waals surface area (Å²) in [6.07, 6.45) is 1.33. The standard InChI is InChI=1S/C11H14N4O4/c1-2-13-6-8(15(18)19)5-9(13)11(17)14-4-3-12-10(16)7-14/h5-6H,2-4,7H2,1H3,(H,12,16). The minimum absolute atomic E-state index is 0.0124. The van der Waals surface area contributed by atoms with Crippen molar-refractivity contribution in [3.8, 4) is 0 Å². The maximum atomic E-state index is 12.3. The van der Waals surface area contributed by atoms with Crippen molar-refractivity contribution >= 4 is 17.5 Å². The van der Waals surface area contributed by atoms with Crippen molar-refractivity contribution in [1.82, 2.24) is 14.8 Å².